The van der Waals surface area contributed by atoms with Gasteiger partial charge in [-0.15, -0.1) is 0 Å². The van der Waals surface area contributed by atoms with Crippen LogP contribution in [0.15, 0.2) is 18.2 Å². The van der Waals surface area contributed by atoms with Crippen molar-refractivity contribution in [1.82, 2.24) is 0 Å². The average Bonchev–Trinajstić information content (AvgIpc) is 2.06. The van der Waals surface area contributed by atoms with Gasteiger partial charge < -0.3 is 0 Å². The van der Waals surface area contributed by atoms with Gasteiger partial charge in [0.2, 0.25) is 0 Å². The maximum atomic E-state index is 13.4. The van der Waals surface area contributed by atoms with E-state index in [1.807, 2.05) is 27.7 Å². The summed E-state index contributed by atoms with van der Waals surface area (Å²) in [6.45, 7) is 7.96. The van der Waals surface area contributed by atoms with Crippen molar-refractivity contribution in [2.75, 3.05) is 0 Å². The first-order valence-corrected chi connectivity index (χ1v) is 4.77. The molecule has 0 bridgehead atoms. The van der Waals surface area contributed by atoms with E-state index < -0.39 is 0 Å². The highest BCUT2D eigenvalue weighted by atomic mass is 19.1. The molecule has 0 radical (unpaired) electrons. The Morgan fingerprint density at radius 2 is 1.71 bits per heavy atom. The third-order valence-corrected chi connectivity index (χ3v) is 2.72. The van der Waals surface area contributed by atoms with E-state index in [1.54, 1.807) is 0 Å². The zero-order valence-corrected chi connectivity index (χ0v) is 9.07. The molecular weight excluding hydrogens is 182 g/mol. The summed E-state index contributed by atoms with van der Waals surface area (Å²) in [6.07, 6.45) is 0. The molecule has 1 rings (SSSR count). The van der Waals surface area contributed by atoms with Gasteiger partial charge in [0.1, 0.15) is 11.6 Å². The van der Waals surface area contributed by atoms with Crippen molar-refractivity contribution in [3.8, 4) is 0 Å². The van der Waals surface area contributed by atoms with Crippen LogP contribution in [-0.4, -0.2) is 0 Å². The summed E-state index contributed by atoms with van der Waals surface area (Å²) in [4.78, 5) is 0. The molecule has 78 valence electrons. The molecule has 0 aliphatic carbocycles. The van der Waals surface area contributed by atoms with Gasteiger partial charge in [-0.05, 0) is 35.1 Å². The molecule has 0 unspecified atom stereocenters. The van der Waals surface area contributed by atoms with Crippen LogP contribution in [-0.2, 0) is 0 Å². The maximum absolute atomic E-state index is 13.4. The smallest absolute Gasteiger partial charge is 0.126 e. The highest BCUT2D eigenvalue weighted by molar-refractivity contribution is 5.23. The molecule has 0 saturated carbocycles. The molecule has 0 fully saturated rings. The molecule has 0 aromatic heterocycles. The minimum absolute atomic E-state index is 0.00167. The van der Waals surface area contributed by atoms with E-state index in [4.69, 9.17) is 0 Å². The van der Waals surface area contributed by atoms with Crippen LogP contribution in [0, 0.1) is 17.0 Å². The molecule has 0 amide bonds. The fourth-order valence-corrected chi connectivity index (χ4v) is 1.31. The fraction of sp³-hybridized carbons (Fsp3) is 0.500. The third-order valence-electron chi connectivity index (χ3n) is 2.72. The molecule has 0 aliphatic heterocycles. The van der Waals surface area contributed by atoms with Crippen molar-refractivity contribution in [2.45, 2.75) is 33.6 Å². The van der Waals surface area contributed by atoms with Crippen LogP contribution in [0.25, 0.3) is 0 Å². The summed E-state index contributed by atoms with van der Waals surface area (Å²) in [7, 11) is 0. The minimum Gasteiger partial charge on any atom is -0.207 e. The Bertz CT molecular complexity index is 324. The highest BCUT2D eigenvalue weighted by Gasteiger charge is 2.24. The first-order chi connectivity index (χ1) is 6.32. The van der Waals surface area contributed by atoms with Crippen LogP contribution in [0.2, 0.25) is 0 Å². The summed E-state index contributed by atoms with van der Waals surface area (Å²) in [5, 5.41) is 0. The Labute approximate surface area is 84.0 Å². The largest absolute Gasteiger partial charge is 0.207 e. The topological polar surface area (TPSA) is 0 Å². The van der Waals surface area contributed by atoms with Gasteiger partial charge in [0.05, 0.1) is 0 Å². The molecule has 0 N–H and O–H groups in total. The number of hydrogen-bond acceptors (Lipinski definition) is 0. The first kappa shape index (κ1) is 11.2. The molecule has 0 aliphatic rings. The lowest BCUT2D eigenvalue weighted by Crippen LogP contribution is -2.16. The van der Waals surface area contributed by atoms with Gasteiger partial charge >= 0.3 is 0 Å². The van der Waals surface area contributed by atoms with Crippen LogP contribution in [0.5, 0.6) is 0 Å². The molecule has 1 aromatic rings. The second kappa shape index (κ2) is 3.68. The molecule has 0 heterocycles. The summed E-state index contributed by atoms with van der Waals surface area (Å²) in [5.74, 6) is -0.704. The molecule has 0 saturated heterocycles. The second-order valence-electron chi connectivity index (χ2n) is 4.75. The minimum atomic E-state index is -0.377. The number of hydrogen-bond donors (Lipinski definition) is 0. The Hall–Kier alpha value is -0.920. The van der Waals surface area contributed by atoms with Crippen molar-refractivity contribution in [1.29, 1.82) is 0 Å². The summed E-state index contributed by atoms with van der Waals surface area (Å²) in [5.41, 5.74) is 0.395. The number of rotatable bonds is 1. The van der Waals surface area contributed by atoms with Crippen LogP contribution in [0.4, 0.5) is 8.78 Å². The Morgan fingerprint density at radius 1 is 1.14 bits per heavy atom. The van der Waals surface area contributed by atoms with Gasteiger partial charge in [0.25, 0.3) is 0 Å². The van der Waals surface area contributed by atoms with E-state index in [0.717, 1.165) is 6.07 Å². The molecular formula is C12H16F2. The van der Waals surface area contributed by atoms with Gasteiger partial charge in [-0.2, -0.15) is 0 Å². The normalized spacial score (nSPS) is 14.1. The molecule has 1 aromatic carbocycles. The van der Waals surface area contributed by atoms with Crippen LogP contribution < -0.4 is 0 Å². The van der Waals surface area contributed by atoms with Gasteiger partial charge in [-0.25, -0.2) is 8.78 Å². The Balaban J connectivity index is 3.12. The first-order valence-electron chi connectivity index (χ1n) is 4.77. The van der Waals surface area contributed by atoms with Crippen molar-refractivity contribution >= 4 is 0 Å². The summed E-state index contributed by atoms with van der Waals surface area (Å²) < 4.78 is 26.3. The zero-order valence-electron chi connectivity index (χ0n) is 9.07. The van der Waals surface area contributed by atoms with E-state index in [9.17, 15) is 8.78 Å². The van der Waals surface area contributed by atoms with E-state index >= 15 is 0 Å². The molecule has 0 nitrogen and oxygen atoms in total. The summed E-state index contributed by atoms with van der Waals surface area (Å²) in [6, 6.07) is 3.62. The highest BCUT2D eigenvalue weighted by Crippen LogP contribution is 2.35. The SMILES string of the molecule is C[C@@H](c1cc(F)ccc1F)C(C)(C)C. The lowest BCUT2D eigenvalue weighted by atomic mass is 9.77. The molecule has 0 spiro atoms. The van der Waals surface area contributed by atoms with E-state index in [-0.39, 0.29) is 23.0 Å². The maximum Gasteiger partial charge on any atom is 0.126 e. The lowest BCUT2D eigenvalue weighted by Gasteiger charge is -2.27. The van der Waals surface area contributed by atoms with E-state index in [0.29, 0.717) is 5.56 Å². The summed E-state index contributed by atoms with van der Waals surface area (Å²) >= 11 is 0. The second-order valence-corrected chi connectivity index (χ2v) is 4.75. The van der Waals surface area contributed by atoms with E-state index in [1.165, 1.54) is 12.1 Å². The van der Waals surface area contributed by atoms with Crippen LogP contribution in [0.3, 0.4) is 0 Å². The average molecular weight is 198 g/mol. The van der Waals surface area contributed by atoms with Gasteiger partial charge in [0.15, 0.2) is 0 Å². The van der Waals surface area contributed by atoms with Gasteiger partial charge in [-0.3, -0.25) is 0 Å². The van der Waals surface area contributed by atoms with Crippen molar-refractivity contribution in [2.24, 2.45) is 5.41 Å². The fourth-order valence-electron chi connectivity index (χ4n) is 1.31. The monoisotopic (exact) mass is 198 g/mol. The van der Waals surface area contributed by atoms with Gasteiger partial charge in [0, 0.05) is 0 Å². The molecule has 2 heteroatoms. The molecule has 14 heavy (non-hydrogen) atoms. The van der Waals surface area contributed by atoms with Crippen LogP contribution >= 0.6 is 0 Å². The van der Waals surface area contributed by atoms with Crippen molar-refractivity contribution in [3.63, 3.8) is 0 Å². The van der Waals surface area contributed by atoms with Crippen molar-refractivity contribution in [3.05, 3.63) is 35.4 Å². The van der Waals surface area contributed by atoms with Gasteiger partial charge in [-0.1, -0.05) is 27.7 Å². The zero-order chi connectivity index (χ0) is 10.9. The molecule has 1 atom stereocenters. The Morgan fingerprint density at radius 3 is 2.21 bits per heavy atom. The Kier molecular flexibility index (Phi) is 2.93. The standard InChI is InChI=1S/C12H16F2/c1-8(12(2,3)4)10-7-9(13)5-6-11(10)14/h5-8H,1-4H3/t8-/m0/s1. The third kappa shape index (κ3) is 2.31. The number of benzene rings is 1. The quantitative estimate of drug-likeness (QED) is 0.637. The predicted molar refractivity (Wildman–Crippen MR) is 54.2 cm³/mol. The van der Waals surface area contributed by atoms with Crippen LogP contribution in [0.1, 0.15) is 39.2 Å². The van der Waals surface area contributed by atoms with Crippen molar-refractivity contribution < 1.29 is 8.78 Å². The lowest BCUT2D eigenvalue weighted by molar-refractivity contribution is 0.330. The number of halogens is 2. The van der Waals surface area contributed by atoms with E-state index in [2.05, 4.69) is 0 Å². The predicted octanol–water partition coefficient (Wildman–Crippen LogP) is 4.11.